The fourth-order valence-corrected chi connectivity index (χ4v) is 3.64. The van der Waals surface area contributed by atoms with Crippen molar-refractivity contribution in [3.05, 3.63) is 65.4 Å². The molecule has 3 N–H and O–H groups in total. The summed E-state index contributed by atoms with van der Waals surface area (Å²) in [5.74, 6) is -3.17. The van der Waals surface area contributed by atoms with Crippen LogP contribution >= 0.6 is 0 Å². The van der Waals surface area contributed by atoms with Crippen molar-refractivity contribution in [1.82, 2.24) is 9.88 Å². The second kappa shape index (κ2) is 9.31. The first-order valence-corrected chi connectivity index (χ1v) is 9.57. The number of carboxylic acid groups (broad SMARTS) is 2. The van der Waals surface area contributed by atoms with Crippen molar-refractivity contribution in [3.63, 3.8) is 0 Å². The lowest BCUT2D eigenvalue weighted by Gasteiger charge is -2.32. The average molecular weight is 450 g/mol. The molecule has 1 atom stereocenters. The number of ether oxygens (including phenoxy) is 1. The Kier molecular flexibility index (Phi) is 6.73. The molecule has 2 aromatic carbocycles. The minimum absolute atomic E-state index is 0.477. The Morgan fingerprint density at radius 2 is 1.84 bits per heavy atom. The lowest BCUT2D eigenvalue weighted by molar-refractivity contribution is -0.192. The van der Waals surface area contributed by atoms with E-state index in [-0.39, 0.29) is 0 Å². The van der Waals surface area contributed by atoms with E-state index in [4.69, 9.17) is 14.6 Å². The summed E-state index contributed by atoms with van der Waals surface area (Å²) in [6.45, 7) is 1.97. The number of nitrogens with zero attached hydrogens (tertiary/aromatic N) is 1. The zero-order valence-corrected chi connectivity index (χ0v) is 17.0. The summed E-state index contributed by atoms with van der Waals surface area (Å²) < 4.78 is 37.0. The van der Waals surface area contributed by atoms with E-state index in [0.717, 1.165) is 40.0 Å². The Balaban J connectivity index is 0.000000360. The van der Waals surface area contributed by atoms with Gasteiger partial charge in [0.05, 0.1) is 13.0 Å². The molecule has 0 aliphatic carbocycles. The molecule has 1 aliphatic heterocycles. The number of carboxylic acids is 2. The maximum atomic E-state index is 11.7. The normalized spacial score (nSPS) is 16.1. The number of hydrogen-bond donors (Lipinski definition) is 3. The van der Waals surface area contributed by atoms with Gasteiger partial charge in [-0.25, -0.2) is 4.79 Å². The van der Waals surface area contributed by atoms with E-state index in [0.29, 0.717) is 13.1 Å². The zero-order valence-electron chi connectivity index (χ0n) is 17.0. The maximum absolute atomic E-state index is 11.7. The van der Waals surface area contributed by atoms with Crippen LogP contribution in [-0.2, 0) is 22.7 Å². The second-order valence-corrected chi connectivity index (χ2v) is 7.31. The molecule has 7 nitrogen and oxygen atoms in total. The van der Waals surface area contributed by atoms with Crippen molar-refractivity contribution in [3.8, 4) is 5.75 Å². The minimum atomic E-state index is -5.08. The van der Waals surface area contributed by atoms with Gasteiger partial charge in [-0.05, 0) is 35.4 Å². The number of nitrogens with one attached hydrogen (secondary N) is 1. The van der Waals surface area contributed by atoms with Gasteiger partial charge in [-0.15, -0.1) is 0 Å². The van der Waals surface area contributed by atoms with E-state index in [1.54, 1.807) is 7.11 Å². The molecule has 2 heterocycles. The number of H-pyrrole nitrogens is 1. The fraction of sp³-hybridized carbons (Fsp3) is 0.273. The van der Waals surface area contributed by atoms with Crippen LogP contribution in [0.2, 0.25) is 0 Å². The number of hydrogen-bond acceptors (Lipinski definition) is 4. The van der Waals surface area contributed by atoms with Crippen molar-refractivity contribution < 1.29 is 37.7 Å². The molecule has 0 amide bonds. The van der Waals surface area contributed by atoms with Gasteiger partial charge in [0.15, 0.2) is 0 Å². The molecule has 10 heteroatoms. The smallest absolute Gasteiger partial charge is 0.490 e. The highest BCUT2D eigenvalue weighted by atomic mass is 19.4. The third-order valence-electron chi connectivity index (χ3n) is 5.08. The van der Waals surface area contributed by atoms with Crippen molar-refractivity contribution in [2.24, 2.45) is 0 Å². The van der Waals surface area contributed by atoms with Gasteiger partial charge in [-0.1, -0.05) is 24.3 Å². The van der Waals surface area contributed by atoms with Crippen LogP contribution in [0.5, 0.6) is 5.75 Å². The van der Waals surface area contributed by atoms with E-state index in [1.807, 2.05) is 42.5 Å². The molecule has 0 saturated carbocycles. The SMILES string of the molecule is COc1ccc2[nH]c(CN3Cc4ccccc4C(C(=O)O)C3)cc2c1.O=C(O)C(F)(F)F. The lowest BCUT2D eigenvalue weighted by atomic mass is 9.90. The topological polar surface area (TPSA) is 103 Å². The first-order chi connectivity index (χ1) is 15.1. The Hall–Kier alpha value is -3.53. The van der Waals surface area contributed by atoms with Crippen LogP contribution in [0.4, 0.5) is 13.2 Å². The quantitative estimate of drug-likeness (QED) is 0.556. The summed E-state index contributed by atoms with van der Waals surface area (Å²) >= 11 is 0. The fourth-order valence-electron chi connectivity index (χ4n) is 3.64. The number of aliphatic carboxylic acids is 2. The number of benzene rings is 2. The van der Waals surface area contributed by atoms with Crippen LogP contribution in [0.25, 0.3) is 10.9 Å². The minimum Gasteiger partial charge on any atom is -0.497 e. The molecule has 0 bridgehead atoms. The van der Waals surface area contributed by atoms with Gasteiger partial charge in [-0.3, -0.25) is 9.69 Å². The third kappa shape index (κ3) is 5.38. The molecule has 3 aromatic rings. The van der Waals surface area contributed by atoms with Crippen molar-refractivity contribution >= 4 is 22.8 Å². The van der Waals surface area contributed by atoms with E-state index >= 15 is 0 Å². The van der Waals surface area contributed by atoms with Crippen LogP contribution in [-0.4, -0.2) is 51.9 Å². The van der Waals surface area contributed by atoms with Crippen LogP contribution in [0, 0.1) is 0 Å². The Bertz CT molecular complexity index is 1130. The second-order valence-electron chi connectivity index (χ2n) is 7.31. The highest BCUT2D eigenvalue weighted by molar-refractivity contribution is 5.82. The summed E-state index contributed by atoms with van der Waals surface area (Å²) in [6.07, 6.45) is -5.08. The van der Waals surface area contributed by atoms with Crippen molar-refractivity contribution in [2.75, 3.05) is 13.7 Å². The van der Waals surface area contributed by atoms with Crippen LogP contribution in [0.1, 0.15) is 22.7 Å². The van der Waals surface area contributed by atoms with Gasteiger partial charge in [-0.2, -0.15) is 13.2 Å². The molecule has 170 valence electrons. The highest BCUT2D eigenvalue weighted by Gasteiger charge is 2.38. The molecule has 0 radical (unpaired) electrons. The lowest BCUT2D eigenvalue weighted by Crippen LogP contribution is -2.36. The average Bonchev–Trinajstić information content (AvgIpc) is 3.14. The largest absolute Gasteiger partial charge is 0.497 e. The van der Waals surface area contributed by atoms with Crippen molar-refractivity contribution in [1.29, 1.82) is 0 Å². The summed E-state index contributed by atoms with van der Waals surface area (Å²) in [5.41, 5.74) is 4.17. The molecule has 0 spiro atoms. The number of fused-ring (bicyclic) bond motifs is 2. The molecule has 32 heavy (non-hydrogen) atoms. The molecule has 0 fully saturated rings. The van der Waals surface area contributed by atoms with Crippen LogP contribution < -0.4 is 4.74 Å². The van der Waals surface area contributed by atoms with E-state index < -0.39 is 24.0 Å². The predicted octanol–water partition coefficient (Wildman–Crippen LogP) is 3.99. The van der Waals surface area contributed by atoms with Crippen molar-refractivity contribution in [2.45, 2.75) is 25.2 Å². The van der Waals surface area contributed by atoms with Gasteiger partial charge in [0.2, 0.25) is 0 Å². The van der Waals surface area contributed by atoms with Gasteiger partial charge in [0.1, 0.15) is 5.75 Å². The maximum Gasteiger partial charge on any atom is 0.490 e. The van der Waals surface area contributed by atoms with Gasteiger partial charge < -0.3 is 19.9 Å². The molecule has 1 unspecified atom stereocenters. The number of alkyl halides is 3. The van der Waals surface area contributed by atoms with Crippen LogP contribution in [0.15, 0.2) is 48.5 Å². The summed E-state index contributed by atoms with van der Waals surface area (Å²) in [4.78, 5) is 26.2. The van der Waals surface area contributed by atoms with Gasteiger partial charge in [0, 0.05) is 36.2 Å². The van der Waals surface area contributed by atoms with Gasteiger partial charge in [0.25, 0.3) is 0 Å². The van der Waals surface area contributed by atoms with E-state index in [1.165, 1.54) is 0 Å². The summed E-state index contributed by atoms with van der Waals surface area (Å²) in [6, 6.07) is 15.9. The molecule has 0 saturated heterocycles. The number of halogens is 3. The number of rotatable bonds is 4. The summed E-state index contributed by atoms with van der Waals surface area (Å²) in [5, 5.41) is 17.8. The standard InChI is InChI=1S/C20H20N2O3.C2HF3O2/c1-25-16-6-7-19-14(9-16)8-15(21-19)11-22-10-13-4-2-3-5-17(13)18(12-22)20(23)24;3-2(4,5)1(6)7/h2-9,18,21H,10-12H2,1H3,(H,23,24);(H,6,7). The first-order valence-electron chi connectivity index (χ1n) is 9.57. The molecular formula is C22H21F3N2O5. The number of carbonyl (C=O) groups is 2. The molecular weight excluding hydrogens is 429 g/mol. The first kappa shape index (κ1) is 23.1. The zero-order chi connectivity index (χ0) is 23.5. The number of aromatic amines is 1. The highest BCUT2D eigenvalue weighted by Crippen LogP contribution is 2.30. The molecule has 1 aliphatic rings. The number of aromatic nitrogens is 1. The predicted molar refractivity (Wildman–Crippen MR) is 109 cm³/mol. The monoisotopic (exact) mass is 450 g/mol. The summed E-state index contributed by atoms with van der Waals surface area (Å²) in [7, 11) is 1.66. The van der Waals surface area contributed by atoms with E-state index in [2.05, 4.69) is 16.0 Å². The Morgan fingerprint density at radius 1 is 1.16 bits per heavy atom. The van der Waals surface area contributed by atoms with E-state index in [9.17, 15) is 23.1 Å². The molecule has 1 aromatic heterocycles. The van der Waals surface area contributed by atoms with Gasteiger partial charge >= 0.3 is 18.1 Å². The Labute approximate surface area is 181 Å². The molecule has 4 rings (SSSR count). The van der Waals surface area contributed by atoms with Crippen LogP contribution in [0.3, 0.4) is 0 Å². The Morgan fingerprint density at radius 3 is 2.47 bits per heavy atom. The third-order valence-corrected chi connectivity index (χ3v) is 5.08. The number of methoxy groups -OCH3 is 1.